The minimum absolute atomic E-state index is 0.00983. The minimum Gasteiger partial charge on any atom is -0.507 e. The van der Waals surface area contributed by atoms with Gasteiger partial charge in [-0.15, -0.1) is 0 Å². The van der Waals surface area contributed by atoms with E-state index in [1.165, 1.54) is 6.07 Å². The number of phenolic OH excluding ortho intramolecular Hbond substituents is 1. The van der Waals surface area contributed by atoms with Crippen LogP contribution in [-0.4, -0.2) is 14.9 Å². The van der Waals surface area contributed by atoms with Crippen LogP contribution in [0.1, 0.15) is 0 Å². The molecule has 26 heavy (non-hydrogen) atoms. The molecule has 6 heteroatoms. The van der Waals surface area contributed by atoms with E-state index in [1.807, 2.05) is 48.5 Å². The lowest BCUT2D eigenvalue weighted by Crippen LogP contribution is -1.95. The Morgan fingerprint density at radius 3 is 1.85 bits per heavy atom. The number of aromatic hydroxyl groups is 1. The topological polar surface area (TPSA) is 87.0 Å². The Bertz CT molecular complexity index is 1180. The van der Waals surface area contributed by atoms with E-state index in [2.05, 4.69) is 0 Å². The number of phenols is 1. The molecule has 0 heterocycles. The van der Waals surface area contributed by atoms with E-state index in [-0.39, 0.29) is 11.5 Å². The quantitative estimate of drug-likeness (QED) is 0.452. The summed E-state index contributed by atoms with van der Waals surface area (Å²) in [6, 6.07) is 21.5. The summed E-state index contributed by atoms with van der Waals surface area (Å²) < 4.78 is 16.4. The van der Waals surface area contributed by atoms with Gasteiger partial charge in [-0.25, -0.2) is 4.57 Å². The van der Waals surface area contributed by atoms with E-state index in [4.69, 9.17) is 4.52 Å². The largest absolute Gasteiger partial charge is 0.524 e. The van der Waals surface area contributed by atoms with E-state index in [1.54, 1.807) is 18.2 Å². The lowest BCUT2D eigenvalue weighted by atomic mass is 9.92. The maximum absolute atomic E-state index is 11.5. The van der Waals surface area contributed by atoms with Gasteiger partial charge in [0.2, 0.25) is 0 Å². The van der Waals surface area contributed by atoms with Gasteiger partial charge in [-0.05, 0) is 33.7 Å². The van der Waals surface area contributed by atoms with Crippen molar-refractivity contribution in [3.8, 4) is 22.6 Å². The molecule has 0 unspecified atom stereocenters. The lowest BCUT2D eigenvalue weighted by molar-refractivity contribution is 0.283. The van der Waals surface area contributed by atoms with Crippen molar-refractivity contribution in [1.82, 2.24) is 0 Å². The molecule has 4 aromatic carbocycles. The van der Waals surface area contributed by atoms with Crippen LogP contribution < -0.4 is 4.52 Å². The molecule has 0 fully saturated rings. The van der Waals surface area contributed by atoms with Gasteiger partial charge in [-0.1, -0.05) is 60.7 Å². The van der Waals surface area contributed by atoms with Crippen molar-refractivity contribution in [2.24, 2.45) is 0 Å². The highest BCUT2D eigenvalue weighted by atomic mass is 31.2. The summed E-state index contributed by atoms with van der Waals surface area (Å²) in [7, 11) is -4.77. The van der Waals surface area contributed by atoms with E-state index in [0.717, 1.165) is 21.5 Å². The molecule has 5 nitrogen and oxygen atoms in total. The molecule has 4 rings (SSSR count). The maximum Gasteiger partial charge on any atom is 0.524 e. The average molecular weight is 366 g/mol. The second kappa shape index (κ2) is 6.15. The van der Waals surface area contributed by atoms with Gasteiger partial charge < -0.3 is 9.63 Å². The second-order valence-electron chi connectivity index (χ2n) is 5.92. The van der Waals surface area contributed by atoms with Gasteiger partial charge in [0, 0.05) is 11.1 Å². The van der Waals surface area contributed by atoms with Gasteiger partial charge in [0.1, 0.15) is 11.5 Å². The van der Waals surface area contributed by atoms with E-state index >= 15 is 0 Å². The Balaban J connectivity index is 2.15. The van der Waals surface area contributed by atoms with Crippen LogP contribution in [0.2, 0.25) is 0 Å². The summed E-state index contributed by atoms with van der Waals surface area (Å²) in [5, 5.41) is 13.9. The Morgan fingerprint density at radius 2 is 1.23 bits per heavy atom. The fourth-order valence-electron chi connectivity index (χ4n) is 3.24. The highest BCUT2D eigenvalue weighted by Crippen LogP contribution is 2.49. The first-order chi connectivity index (χ1) is 12.4. The van der Waals surface area contributed by atoms with Crippen molar-refractivity contribution in [3.63, 3.8) is 0 Å². The molecule has 0 saturated heterocycles. The number of hydrogen-bond donors (Lipinski definition) is 3. The first-order valence-corrected chi connectivity index (χ1v) is 9.45. The number of rotatable bonds is 3. The van der Waals surface area contributed by atoms with Crippen molar-refractivity contribution in [2.45, 2.75) is 0 Å². The fourth-order valence-corrected chi connectivity index (χ4v) is 3.64. The molecule has 0 aliphatic rings. The normalized spacial score (nSPS) is 11.8. The first kappa shape index (κ1) is 16.6. The number of benzene rings is 4. The average Bonchev–Trinajstić information content (AvgIpc) is 2.61. The van der Waals surface area contributed by atoms with Crippen LogP contribution in [0.4, 0.5) is 0 Å². The van der Waals surface area contributed by atoms with Gasteiger partial charge >= 0.3 is 7.82 Å². The summed E-state index contributed by atoms with van der Waals surface area (Å²) >= 11 is 0. The third kappa shape index (κ3) is 2.93. The molecule has 0 atom stereocenters. The minimum atomic E-state index is -4.77. The molecule has 0 aromatic heterocycles. The monoisotopic (exact) mass is 366 g/mol. The zero-order chi connectivity index (χ0) is 18.3. The van der Waals surface area contributed by atoms with Crippen LogP contribution in [0.15, 0.2) is 72.8 Å². The first-order valence-electron chi connectivity index (χ1n) is 7.92. The lowest BCUT2D eigenvalue weighted by Gasteiger charge is -2.17. The Hall–Kier alpha value is -2.85. The highest BCUT2D eigenvalue weighted by molar-refractivity contribution is 7.46. The summed E-state index contributed by atoms with van der Waals surface area (Å²) in [5.74, 6) is 0.0271. The molecule has 0 aliphatic heterocycles. The van der Waals surface area contributed by atoms with Gasteiger partial charge in [0.25, 0.3) is 0 Å². The molecule has 0 radical (unpaired) electrons. The second-order valence-corrected chi connectivity index (χ2v) is 7.09. The van der Waals surface area contributed by atoms with Crippen LogP contribution in [0.3, 0.4) is 0 Å². The van der Waals surface area contributed by atoms with Crippen molar-refractivity contribution in [3.05, 3.63) is 72.8 Å². The predicted molar refractivity (Wildman–Crippen MR) is 101 cm³/mol. The SMILES string of the molecule is O=P(O)(O)Oc1ccc2ccccc2c1-c1c(O)ccc2ccccc12. The molecule has 4 aromatic rings. The summed E-state index contributed by atoms with van der Waals surface area (Å²) in [4.78, 5) is 18.6. The number of hydrogen-bond acceptors (Lipinski definition) is 3. The molecule has 0 spiro atoms. The molecule has 0 bridgehead atoms. The van der Waals surface area contributed by atoms with Gasteiger partial charge in [0.05, 0.1) is 0 Å². The van der Waals surface area contributed by atoms with Crippen molar-refractivity contribution < 1.29 is 24.0 Å². The molecular formula is C20H15O5P. The zero-order valence-electron chi connectivity index (χ0n) is 13.5. The van der Waals surface area contributed by atoms with Gasteiger partial charge in [-0.2, -0.15) is 0 Å². The van der Waals surface area contributed by atoms with E-state index < -0.39 is 7.82 Å². The summed E-state index contributed by atoms with van der Waals surface area (Å²) in [6.45, 7) is 0. The van der Waals surface area contributed by atoms with Crippen molar-refractivity contribution in [2.75, 3.05) is 0 Å². The Labute approximate surface area is 149 Å². The number of phosphoric acid groups is 1. The predicted octanol–water partition coefficient (Wildman–Crippen LogP) is 4.84. The molecule has 0 saturated carbocycles. The van der Waals surface area contributed by atoms with E-state index in [0.29, 0.717) is 11.1 Å². The Kier molecular flexibility index (Phi) is 3.93. The highest BCUT2D eigenvalue weighted by Gasteiger charge is 2.23. The summed E-state index contributed by atoms with van der Waals surface area (Å²) in [5.41, 5.74) is 0.920. The van der Waals surface area contributed by atoms with Crippen LogP contribution >= 0.6 is 7.82 Å². The van der Waals surface area contributed by atoms with Crippen molar-refractivity contribution in [1.29, 1.82) is 0 Å². The van der Waals surface area contributed by atoms with Crippen LogP contribution in [0, 0.1) is 0 Å². The third-order valence-electron chi connectivity index (χ3n) is 4.27. The molecular weight excluding hydrogens is 351 g/mol. The molecule has 0 aliphatic carbocycles. The number of phosphoric ester groups is 1. The molecule has 130 valence electrons. The van der Waals surface area contributed by atoms with E-state index in [9.17, 15) is 19.5 Å². The van der Waals surface area contributed by atoms with Gasteiger partial charge in [-0.3, -0.25) is 9.79 Å². The third-order valence-corrected chi connectivity index (χ3v) is 4.70. The standard InChI is InChI=1S/C20H15O5P/c21-17-11-9-13-5-1-3-7-15(13)19(17)20-16-8-4-2-6-14(16)10-12-18(20)25-26(22,23)24/h1-12,21H,(H2,22,23,24). The van der Waals surface area contributed by atoms with Crippen molar-refractivity contribution >= 4 is 29.4 Å². The van der Waals surface area contributed by atoms with Gasteiger partial charge in [0.15, 0.2) is 0 Å². The fraction of sp³-hybridized carbons (Fsp3) is 0. The molecule has 0 amide bonds. The van der Waals surface area contributed by atoms with Crippen LogP contribution in [0.5, 0.6) is 11.5 Å². The molecule has 3 N–H and O–H groups in total. The van der Waals surface area contributed by atoms with Crippen LogP contribution in [-0.2, 0) is 4.57 Å². The van der Waals surface area contributed by atoms with Crippen LogP contribution in [0.25, 0.3) is 32.7 Å². The zero-order valence-corrected chi connectivity index (χ0v) is 14.4. The Morgan fingerprint density at radius 1 is 0.692 bits per heavy atom. The summed E-state index contributed by atoms with van der Waals surface area (Å²) in [6.07, 6.45) is 0. The smallest absolute Gasteiger partial charge is 0.507 e. The number of fused-ring (bicyclic) bond motifs is 2. The maximum atomic E-state index is 11.5.